The molecule has 0 aliphatic carbocycles. The summed E-state index contributed by atoms with van der Waals surface area (Å²) in [6.45, 7) is 4.05. The number of amides is 1. The monoisotopic (exact) mass is 537 g/mol. The van der Waals surface area contributed by atoms with Gasteiger partial charge in [-0.15, -0.1) is 0 Å². The number of nitrogens with one attached hydrogen (secondary N) is 1. The van der Waals surface area contributed by atoms with Gasteiger partial charge in [0.1, 0.15) is 11.6 Å². The molecule has 1 saturated heterocycles. The molecular weight excluding hydrogens is 509 g/mol. The number of hydrogen-bond acceptors (Lipinski definition) is 6. The molecular formula is C26H28F5N5O2. The summed E-state index contributed by atoms with van der Waals surface area (Å²) < 4.78 is 71.7. The normalized spacial score (nSPS) is 15.7. The summed E-state index contributed by atoms with van der Waals surface area (Å²) in [6, 6.07) is 5.08. The minimum atomic E-state index is -4.49. The number of carbonyl (C=O) groups excluding carboxylic acids is 1. The third-order valence-corrected chi connectivity index (χ3v) is 6.87. The average Bonchev–Trinajstić information content (AvgIpc) is 2.82. The van der Waals surface area contributed by atoms with Gasteiger partial charge in [0.05, 0.1) is 17.0 Å². The molecule has 0 bridgehead atoms. The van der Waals surface area contributed by atoms with Crippen molar-refractivity contribution in [1.82, 2.24) is 19.9 Å². The lowest BCUT2D eigenvalue weighted by molar-refractivity contribution is -0.138. The fraction of sp³-hybridized carbons (Fsp3) is 0.462. The highest BCUT2D eigenvalue weighted by Crippen LogP contribution is 2.39. The van der Waals surface area contributed by atoms with E-state index in [2.05, 4.69) is 20.3 Å². The number of aryl methyl sites for hydroxylation is 1. The fourth-order valence-electron chi connectivity index (χ4n) is 4.96. The largest absolute Gasteiger partial charge is 0.417 e. The molecule has 4 rings (SSSR count). The number of alkyl halides is 5. The molecule has 1 atom stereocenters. The molecule has 1 fully saturated rings. The maximum Gasteiger partial charge on any atom is 0.416 e. The number of nitrogens with zero attached hydrogens (tertiary/aromatic N) is 4. The number of carbonyl (C=O) groups is 1. The highest BCUT2D eigenvalue weighted by molar-refractivity contribution is 5.88. The van der Waals surface area contributed by atoms with Crippen molar-refractivity contribution >= 4 is 22.8 Å². The van der Waals surface area contributed by atoms with E-state index < -0.39 is 24.4 Å². The Hall–Kier alpha value is -3.57. The van der Waals surface area contributed by atoms with E-state index in [0.29, 0.717) is 54.1 Å². The van der Waals surface area contributed by atoms with Crippen molar-refractivity contribution in [2.24, 2.45) is 0 Å². The first-order valence-corrected chi connectivity index (χ1v) is 12.2. The van der Waals surface area contributed by atoms with Crippen LogP contribution in [0.5, 0.6) is 5.88 Å². The van der Waals surface area contributed by atoms with Crippen LogP contribution in [0.2, 0.25) is 0 Å². The number of rotatable bonds is 6. The SMILES string of the molecule is CC(=O)N1CCC(c2cc3c(N[C@H](C)c4cccc(C(F)(F)F)c4C)nc(C)nc3nc2OC(F)F)CC1. The molecule has 0 saturated carbocycles. The first kappa shape index (κ1) is 27.5. The van der Waals surface area contributed by atoms with Crippen LogP contribution in [0, 0.1) is 13.8 Å². The molecule has 12 heteroatoms. The first-order valence-electron chi connectivity index (χ1n) is 12.2. The van der Waals surface area contributed by atoms with Crippen LogP contribution in [0.1, 0.15) is 66.7 Å². The lowest BCUT2D eigenvalue weighted by atomic mass is 9.89. The molecule has 0 radical (unpaired) electrons. The molecule has 1 amide bonds. The van der Waals surface area contributed by atoms with Gasteiger partial charge in [0.15, 0.2) is 5.65 Å². The molecule has 1 aliphatic heterocycles. The second kappa shape index (κ2) is 10.7. The summed E-state index contributed by atoms with van der Waals surface area (Å²) in [5, 5.41) is 3.60. The molecule has 1 aliphatic rings. The number of likely N-dealkylation sites (tertiary alicyclic amines) is 1. The Labute approximate surface area is 216 Å². The molecule has 3 heterocycles. The predicted molar refractivity (Wildman–Crippen MR) is 131 cm³/mol. The molecule has 0 spiro atoms. The number of anilines is 1. The standard InChI is InChI=1S/C26H28F5N5O2/c1-13-18(6-5-7-21(13)26(29,30)31)14(2)32-22-20-12-19(17-8-10-36(11-9-17)16(4)37)24(38-25(27)28)35-23(20)34-15(3)33-22/h5-7,12,14,17,25H,8-11H2,1-4H3,(H,32,33,34,35)/t14-/m1/s1. The molecule has 7 nitrogen and oxygen atoms in total. The van der Waals surface area contributed by atoms with Gasteiger partial charge in [-0.3, -0.25) is 4.79 Å². The predicted octanol–water partition coefficient (Wildman–Crippen LogP) is 6.16. The summed E-state index contributed by atoms with van der Waals surface area (Å²) in [5.74, 6) is 0.118. The van der Waals surface area contributed by atoms with Crippen LogP contribution in [0.4, 0.5) is 27.8 Å². The Balaban J connectivity index is 1.75. The van der Waals surface area contributed by atoms with Crippen molar-refractivity contribution in [1.29, 1.82) is 0 Å². The Morgan fingerprint density at radius 3 is 2.42 bits per heavy atom. The molecule has 2 aromatic heterocycles. The maximum absolute atomic E-state index is 13.5. The van der Waals surface area contributed by atoms with E-state index in [1.54, 1.807) is 30.9 Å². The van der Waals surface area contributed by atoms with Crippen LogP contribution < -0.4 is 10.1 Å². The van der Waals surface area contributed by atoms with Gasteiger partial charge in [0.25, 0.3) is 0 Å². The maximum atomic E-state index is 13.5. The van der Waals surface area contributed by atoms with Crippen LogP contribution in [-0.2, 0) is 11.0 Å². The summed E-state index contributed by atoms with van der Waals surface area (Å²) in [4.78, 5) is 26.4. The van der Waals surface area contributed by atoms with Gasteiger partial charge in [-0.05, 0) is 62.8 Å². The quantitative estimate of drug-likeness (QED) is 0.380. The zero-order valence-electron chi connectivity index (χ0n) is 21.4. The number of pyridine rings is 1. The minimum Gasteiger partial charge on any atom is -0.417 e. The highest BCUT2D eigenvalue weighted by atomic mass is 19.4. The van der Waals surface area contributed by atoms with Crippen LogP contribution >= 0.6 is 0 Å². The van der Waals surface area contributed by atoms with Gasteiger partial charge in [0.2, 0.25) is 11.8 Å². The van der Waals surface area contributed by atoms with Crippen molar-refractivity contribution < 1.29 is 31.5 Å². The number of piperidine rings is 1. The van der Waals surface area contributed by atoms with Gasteiger partial charge in [-0.25, -0.2) is 9.97 Å². The van der Waals surface area contributed by atoms with Crippen LogP contribution in [-0.4, -0.2) is 45.5 Å². The second-order valence-electron chi connectivity index (χ2n) is 9.42. The number of aromatic nitrogens is 3. The molecule has 1 aromatic carbocycles. The third kappa shape index (κ3) is 5.78. The Bertz CT molecular complexity index is 1340. The van der Waals surface area contributed by atoms with E-state index in [0.717, 1.165) is 6.07 Å². The average molecular weight is 538 g/mol. The smallest absolute Gasteiger partial charge is 0.416 e. The van der Waals surface area contributed by atoms with E-state index in [-0.39, 0.29) is 28.9 Å². The fourth-order valence-corrected chi connectivity index (χ4v) is 4.96. The van der Waals surface area contributed by atoms with E-state index in [1.165, 1.54) is 19.9 Å². The molecule has 0 unspecified atom stereocenters. The summed E-state index contributed by atoms with van der Waals surface area (Å²) >= 11 is 0. The zero-order valence-corrected chi connectivity index (χ0v) is 21.4. The number of benzene rings is 1. The molecule has 3 aromatic rings. The van der Waals surface area contributed by atoms with Crippen molar-refractivity contribution in [3.63, 3.8) is 0 Å². The Morgan fingerprint density at radius 2 is 1.82 bits per heavy atom. The second-order valence-corrected chi connectivity index (χ2v) is 9.42. The Morgan fingerprint density at radius 1 is 1.13 bits per heavy atom. The van der Waals surface area contributed by atoms with Gasteiger partial charge < -0.3 is 15.0 Å². The number of fused-ring (bicyclic) bond motifs is 1. The number of ether oxygens (including phenoxy) is 1. The number of halogens is 5. The summed E-state index contributed by atoms with van der Waals surface area (Å²) in [6.07, 6.45) is -3.43. The van der Waals surface area contributed by atoms with Gasteiger partial charge in [-0.1, -0.05) is 12.1 Å². The van der Waals surface area contributed by atoms with Crippen molar-refractivity contribution in [3.05, 3.63) is 52.3 Å². The van der Waals surface area contributed by atoms with Crippen molar-refractivity contribution in [3.8, 4) is 5.88 Å². The summed E-state index contributed by atoms with van der Waals surface area (Å²) in [7, 11) is 0. The van der Waals surface area contributed by atoms with Crippen LogP contribution in [0.25, 0.3) is 11.0 Å². The zero-order chi connectivity index (χ0) is 27.8. The lowest BCUT2D eigenvalue weighted by Crippen LogP contribution is -2.36. The van der Waals surface area contributed by atoms with Crippen LogP contribution in [0.3, 0.4) is 0 Å². The van der Waals surface area contributed by atoms with Crippen molar-refractivity contribution in [2.75, 3.05) is 18.4 Å². The first-order chi connectivity index (χ1) is 17.8. The molecule has 204 valence electrons. The molecule has 38 heavy (non-hydrogen) atoms. The van der Waals surface area contributed by atoms with E-state index >= 15 is 0 Å². The van der Waals surface area contributed by atoms with Gasteiger partial charge in [0, 0.05) is 25.6 Å². The Kier molecular flexibility index (Phi) is 7.70. The third-order valence-electron chi connectivity index (χ3n) is 6.87. The summed E-state index contributed by atoms with van der Waals surface area (Å²) in [5.41, 5.74) is 0.375. The highest BCUT2D eigenvalue weighted by Gasteiger charge is 2.33. The van der Waals surface area contributed by atoms with E-state index in [1.807, 2.05) is 0 Å². The minimum absolute atomic E-state index is 0.0571. The van der Waals surface area contributed by atoms with Crippen LogP contribution in [0.15, 0.2) is 24.3 Å². The topological polar surface area (TPSA) is 80.2 Å². The molecule has 1 N–H and O–H groups in total. The lowest BCUT2D eigenvalue weighted by Gasteiger charge is -2.32. The van der Waals surface area contributed by atoms with E-state index in [9.17, 15) is 26.7 Å². The van der Waals surface area contributed by atoms with Crippen molar-refractivity contribution in [2.45, 2.75) is 65.3 Å². The van der Waals surface area contributed by atoms with Gasteiger partial charge in [-0.2, -0.15) is 26.9 Å². The number of hydrogen-bond donors (Lipinski definition) is 1. The van der Waals surface area contributed by atoms with Gasteiger partial charge >= 0.3 is 12.8 Å². The van der Waals surface area contributed by atoms with E-state index in [4.69, 9.17) is 4.74 Å².